The van der Waals surface area contributed by atoms with Crippen LogP contribution >= 0.6 is 0 Å². The molecule has 1 aromatic carbocycles. The maximum atomic E-state index is 10.8. The van der Waals surface area contributed by atoms with Gasteiger partial charge in [-0.15, -0.1) is 0 Å². The molecule has 0 bridgehead atoms. The lowest BCUT2D eigenvalue weighted by Gasteiger charge is -2.11. The Bertz CT molecular complexity index is 364. The van der Waals surface area contributed by atoms with E-state index >= 15 is 0 Å². The number of amides is 1. The number of rotatable bonds is 4. The highest BCUT2D eigenvalue weighted by Crippen LogP contribution is 2.20. The van der Waals surface area contributed by atoms with Crippen LogP contribution in [0.3, 0.4) is 0 Å². The van der Waals surface area contributed by atoms with Crippen LogP contribution in [0.2, 0.25) is 0 Å². The quantitative estimate of drug-likeness (QED) is 0.680. The zero-order chi connectivity index (χ0) is 11.4. The fourth-order valence-electron chi connectivity index (χ4n) is 1.23. The van der Waals surface area contributed by atoms with Gasteiger partial charge in [-0.05, 0) is 19.4 Å². The third kappa shape index (κ3) is 2.95. The predicted octanol–water partition coefficient (Wildman–Crippen LogP) is 0.664. The third-order valence-electron chi connectivity index (χ3n) is 2.35. The van der Waals surface area contributed by atoms with Crippen LogP contribution < -0.4 is 11.1 Å². The van der Waals surface area contributed by atoms with E-state index in [2.05, 4.69) is 5.32 Å². The van der Waals surface area contributed by atoms with Gasteiger partial charge in [-0.25, -0.2) is 0 Å². The Hall–Kier alpha value is -1.55. The molecule has 15 heavy (non-hydrogen) atoms. The van der Waals surface area contributed by atoms with E-state index in [1.807, 2.05) is 25.1 Å². The van der Waals surface area contributed by atoms with Crippen LogP contribution in [0.15, 0.2) is 18.2 Å². The zero-order valence-corrected chi connectivity index (χ0v) is 8.95. The fourth-order valence-corrected chi connectivity index (χ4v) is 1.23. The first-order valence-electron chi connectivity index (χ1n) is 4.82. The van der Waals surface area contributed by atoms with Crippen molar-refractivity contribution in [3.63, 3.8) is 0 Å². The van der Waals surface area contributed by atoms with Gasteiger partial charge in [0, 0.05) is 12.1 Å². The summed E-state index contributed by atoms with van der Waals surface area (Å²) in [5.41, 5.74) is 6.69. The van der Waals surface area contributed by atoms with Crippen LogP contribution in [0.1, 0.15) is 18.1 Å². The van der Waals surface area contributed by atoms with Crippen molar-refractivity contribution in [1.82, 2.24) is 5.32 Å². The SMILES string of the molecule is Cc1cccc(CNC(C)C(N)=O)c1O. The van der Waals surface area contributed by atoms with Gasteiger partial charge in [-0.2, -0.15) is 0 Å². The van der Waals surface area contributed by atoms with Gasteiger partial charge in [0.25, 0.3) is 0 Å². The second-order valence-corrected chi connectivity index (χ2v) is 3.59. The minimum absolute atomic E-state index is 0.265. The summed E-state index contributed by atoms with van der Waals surface area (Å²) in [6.45, 7) is 3.95. The third-order valence-corrected chi connectivity index (χ3v) is 2.35. The van der Waals surface area contributed by atoms with Gasteiger partial charge in [0.1, 0.15) is 5.75 Å². The van der Waals surface area contributed by atoms with E-state index in [1.165, 1.54) is 0 Å². The second kappa shape index (κ2) is 4.79. The molecule has 0 fully saturated rings. The first kappa shape index (κ1) is 11.5. The molecule has 4 heteroatoms. The monoisotopic (exact) mass is 208 g/mol. The Morgan fingerprint density at radius 1 is 1.60 bits per heavy atom. The van der Waals surface area contributed by atoms with Gasteiger partial charge >= 0.3 is 0 Å². The summed E-state index contributed by atoms with van der Waals surface area (Å²) in [6.07, 6.45) is 0. The number of phenolic OH excluding ortho intramolecular Hbond substituents is 1. The highest BCUT2D eigenvalue weighted by molar-refractivity contribution is 5.79. The number of nitrogens with one attached hydrogen (secondary N) is 1. The standard InChI is InChI=1S/C11H16N2O2/c1-7-4-3-5-9(10(7)14)6-13-8(2)11(12)15/h3-5,8,13-14H,6H2,1-2H3,(H2,12,15). The maximum absolute atomic E-state index is 10.8. The molecular weight excluding hydrogens is 192 g/mol. The molecule has 0 aliphatic rings. The maximum Gasteiger partial charge on any atom is 0.234 e. The van der Waals surface area contributed by atoms with Crippen molar-refractivity contribution in [2.24, 2.45) is 5.73 Å². The van der Waals surface area contributed by atoms with E-state index in [-0.39, 0.29) is 5.75 Å². The lowest BCUT2D eigenvalue weighted by Crippen LogP contribution is -2.38. The van der Waals surface area contributed by atoms with Crippen LogP contribution in [-0.2, 0) is 11.3 Å². The number of aromatic hydroxyl groups is 1. The summed E-state index contributed by atoms with van der Waals surface area (Å²) in [6, 6.07) is 5.10. The average molecular weight is 208 g/mol. The number of carbonyl (C=O) groups excluding carboxylic acids is 1. The molecule has 0 spiro atoms. The molecule has 0 saturated heterocycles. The predicted molar refractivity (Wildman–Crippen MR) is 58.3 cm³/mol. The van der Waals surface area contributed by atoms with E-state index in [4.69, 9.17) is 5.73 Å². The van der Waals surface area contributed by atoms with Crippen molar-refractivity contribution < 1.29 is 9.90 Å². The smallest absolute Gasteiger partial charge is 0.234 e. The number of primary amides is 1. The van der Waals surface area contributed by atoms with Crippen LogP contribution in [0, 0.1) is 6.92 Å². The van der Waals surface area contributed by atoms with E-state index in [1.54, 1.807) is 6.92 Å². The largest absolute Gasteiger partial charge is 0.507 e. The zero-order valence-electron chi connectivity index (χ0n) is 8.95. The number of hydrogen-bond donors (Lipinski definition) is 3. The Labute approximate surface area is 89.1 Å². The Balaban J connectivity index is 2.66. The molecule has 4 N–H and O–H groups in total. The van der Waals surface area contributed by atoms with Gasteiger partial charge in [0.15, 0.2) is 0 Å². The summed E-state index contributed by atoms with van der Waals surface area (Å²) in [5.74, 6) is -0.135. The molecule has 4 nitrogen and oxygen atoms in total. The van der Waals surface area contributed by atoms with Crippen LogP contribution in [-0.4, -0.2) is 17.1 Å². The molecule has 0 aliphatic carbocycles. The molecule has 1 rings (SSSR count). The lowest BCUT2D eigenvalue weighted by atomic mass is 10.1. The van der Waals surface area contributed by atoms with Gasteiger partial charge < -0.3 is 16.2 Å². The number of para-hydroxylation sites is 1. The topological polar surface area (TPSA) is 75.3 Å². The van der Waals surface area contributed by atoms with Crippen LogP contribution in [0.4, 0.5) is 0 Å². The molecular formula is C11H16N2O2. The molecule has 0 heterocycles. The van der Waals surface area contributed by atoms with Crippen LogP contribution in [0.25, 0.3) is 0 Å². The summed E-state index contributed by atoms with van der Waals surface area (Å²) in [4.78, 5) is 10.8. The molecule has 0 saturated carbocycles. The van der Waals surface area contributed by atoms with Gasteiger partial charge in [0.2, 0.25) is 5.91 Å². The first-order valence-corrected chi connectivity index (χ1v) is 4.82. The fraction of sp³-hybridized carbons (Fsp3) is 0.364. The highest BCUT2D eigenvalue weighted by Gasteiger charge is 2.09. The van der Waals surface area contributed by atoms with Crippen molar-refractivity contribution in [3.05, 3.63) is 29.3 Å². The van der Waals surface area contributed by atoms with Crippen molar-refractivity contribution in [1.29, 1.82) is 0 Å². The molecule has 1 atom stereocenters. The van der Waals surface area contributed by atoms with Crippen molar-refractivity contribution >= 4 is 5.91 Å². The number of benzene rings is 1. The molecule has 0 radical (unpaired) electrons. The Morgan fingerprint density at radius 2 is 2.27 bits per heavy atom. The van der Waals surface area contributed by atoms with E-state index in [0.29, 0.717) is 6.54 Å². The van der Waals surface area contributed by atoms with E-state index in [9.17, 15) is 9.90 Å². The van der Waals surface area contributed by atoms with E-state index in [0.717, 1.165) is 11.1 Å². The van der Waals surface area contributed by atoms with Crippen molar-refractivity contribution in [2.75, 3.05) is 0 Å². The number of aryl methyl sites for hydroxylation is 1. The van der Waals surface area contributed by atoms with Gasteiger partial charge in [0.05, 0.1) is 6.04 Å². The van der Waals surface area contributed by atoms with Crippen LogP contribution in [0.5, 0.6) is 5.75 Å². The first-order chi connectivity index (χ1) is 7.02. The normalized spacial score (nSPS) is 12.4. The molecule has 0 aliphatic heterocycles. The Morgan fingerprint density at radius 3 is 2.87 bits per heavy atom. The molecule has 1 aromatic rings. The molecule has 1 unspecified atom stereocenters. The lowest BCUT2D eigenvalue weighted by molar-refractivity contribution is -0.119. The van der Waals surface area contributed by atoms with Gasteiger partial charge in [-0.3, -0.25) is 4.79 Å². The molecule has 0 aromatic heterocycles. The summed E-state index contributed by atoms with van der Waals surface area (Å²) in [7, 11) is 0. The highest BCUT2D eigenvalue weighted by atomic mass is 16.3. The number of carbonyl (C=O) groups is 1. The number of nitrogens with two attached hydrogens (primary N) is 1. The summed E-state index contributed by atoms with van der Waals surface area (Å²) in [5, 5.41) is 12.6. The summed E-state index contributed by atoms with van der Waals surface area (Å²) >= 11 is 0. The average Bonchev–Trinajstić information content (AvgIpc) is 2.19. The van der Waals surface area contributed by atoms with Crippen molar-refractivity contribution in [3.8, 4) is 5.75 Å². The second-order valence-electron chi connectivity index (χ2n) is 3.59. The molecule has 1 amide bonds. The molecule has 82 valence electrons. The van der Waals surface area contributed by atoms with Gasteiger partial charge in [-0.1, -0.05) is 18.2 Å². The van der Waals surface area contributed by atoms with Crippen molar-refractivity contribution in [2.45, 2.75) is 26.4 Å². The number of hydrogen-bond acceptors (Lipinski definition) is 3. The minimum atomic E-state index is -0.401. The van der Waals surface area contributed by atoms with E-state index < -0.39 is 11.9 Å². The summed E-state index contributed by atoms with van der Waals surface area (Å²) < 4.78 is 0. The minimum Gasteiger partial charge on any atom is -0.507 e. The Kier molecular flexibility index (Phi) is 3.68. The number of phenols is 1.